The van der Waals surface area contributed by atoms with Crippen LogP contribution in [0.15, 0.2) is 24.3 Å². The predicted molar refractivity (Wildman–Crippen MR) is 123 cm³/mol. The Hall–Kier alpha value is -2.90. The van der Waals surface area contributed by atoms with Crippen LogP contribution in [0, 0.1) is 11.3 Å². The minimum atomic E-state index is -0.122. The summed E-state index contributed by atoms with van der Waals surface area (Å²) >= 11 is 0. The van der Waals surface area contributed by atoms with Crippen LogP contribution in [0.25, 0.3) is 0 Å². The summed E-state index contributed by atoms with van der Waals surface area (Å²) < 4.78 is 7.76. The van der Waals surface area contributed by atoms with Gasteiger partial charge in [-0.2, -0.15) is 0 Å². The zero-order chi connectivity index (χ0) is 23.0. The van der Waals surface area contributed by atoms with Crippen LogP contribution in [-0.2, 0) is 13.0 Å². The molecule has 2 aromatic rings. The number of aromatic nitrogens is 3. The number of hydrogen-bond donors (Lipinski definition) is 1. The van der Waals surface area contributed by atoms with E-state index in [2.05, 4.69) is 15.5 Å². The first-order chi connectivity index (χ1) is 15.9. The Kier molecular flexibility index (Phi) is 5.85. The molecule has 2 aliphatic heterocycles. The van der Waals surface area contributed by atoms with Crippen molar-refractivity contribution in [1.82, 2.24) is 25.0 Å². The zero-order valence-electron chi connectivity index (χ0n) is 19.5. The first kappa shape index (κ1) is 21.9. The van der Waals surface area contributed by atoms with Crippen molar-refractivity contribution in [2.24, 2.45) is 11.3 Å². The highest BCUT2D eigenvalue weighted by Crippen LogP contribution is 2.41. The molecule has 3 aliphatic rings. The average molecular weight is 452 g/mol. The highest BCUT2D eigenvalue weighted by molar-refractivity contribution is 5.94. The maximum absolute atomic E-state index is 13.2. The molecule has 1 saturated heterocycles. The van der Waals surface area contributed by atoms with Gasteiger partial charge in [-0.25, -0.2) is 0 Å². The summed E-state index contributed by atoms with van der Waals surface area (Å²) in [5, 5.41) is 11.5. The molecule has 33 heavy (non-hydrogen) atoms. The van der Waals surface area contributed by atoms with E-state index in [4.69, 9.17) is 4.74 Å². The molecule has 8 nitrogen and oxygen atoms in total. The van der Waals surface area contributed by atoms with Gasteiger partial charge in [0.05, 0.1) is 6.10 Å². The molecule has 1 saturated carbocycles. The molecule has 1 spiro atoms. The van der Waals surface area contributed by atoms with Crippen LogP contribution in [-0.4, -0.2) is 57.2 Å². The fourth-order valence-electron chi connectivity index (χ4n) is 5.09. The molecule has 1 aromatic carbocycles. The summed E-state index contributed by atoms with van der Waals surface area (Å²) in [7, 11) is 0. The van der Waals surface area contributed by atoms with Gasteiger partial charge in [-0.05, 0) is 75.5 Å². The third-order valence-electron chi connectivity index (χ3n) is 7.20. The van der Waals surface area contributed by atoms with Crippen LogP contribution >= 0.6 is 0 Å². The topological polar surface area (TPSA) is 89.3 Å². The van der Waals surface area contributed by atoms with E-state index in [-0.39, 0.29) is 23.3 Å². The maximum Gasteiger partial charge on any atom is 0.289 e. The molecule has 0 radical (unpaired) electrons. The minimum Gasteiger partial charge on any atom is -0.491 e. The lowest BCUT2D eigenvalue weighted by Crippen LogP contribution is -2.33. The number of fused-ring (bicyclic) bond motifs is 1. The molecule has 176 valence electrons. The molecular weight excluding hydrogens is 418 g/mol. The third-order valence-corrected chi connectivity index (χ3v) is 7.20. The molecule has 1 N–H and O–H groups in total. The van der Waals surface area contributed by atoms with Gasteiger partial charge in [0.2, 0.25) is 5.82 Å². The molecule has 1 aromatic heterocycles. The summed E-state index contributed by atoms with van der Waals surface area (Å²) in [6.45, 7) is 6.90. The van der Waals surface area contributed by atoms with Crippen LogP contribution in [0.2, 0.25) is 0 Å². The number of ether oxygens (including phenoxy) is 1. The van der Waals surface area contributed by atoms with Gasteiger partial charge in [0.15, 0.2) is 0 Å². The molecule has 8 heteroatoms. The van der Waals surface area contributed by atoms with Crippen molar-refractivity contribution in [3.05, 3.63) is 41.5 Å². The SMILES string of the molecule is CC(C)Oc1cccc(C(=O)N2CCC3(CCc4nnc(C(=O)NCC5CC5)n4CC3)C2)c1. The van der Waals surface area contributed by atoms with Crippen molar-refractivity contribution in [2.75, 3.05) is 19.6 Å². The number of hydrogen-bond acceptors (Lipinski definition) is 5. The van der Waals surface area contributed by atoms with Crippen molar-refractivity contribution in [2.45, 2.75) is 65.0 Å². The fraction of sp³-hybridized carbons (Fsp3) is 0.600. The Morgan fingerprint density at radius 2 is 2.00 bits per heavy atom. The number of benzene rings is 1. The van der Waals surface area contributed by atoms with Crippen LogP contribution in [0.1, 0.15) is 72.8 Å². The van der Waals surface area contributed by atoms with Crippen LogP contribution in [0.5, 0.6) is 5.75 Å². The summed E-state index contributed by atoms with van der Waals surface area (Å²) in [4.78, 5) is 27.8. The molecule has 1 unspecified atom stereocenters. The van der Waals surface area contributed by atoms with Crippen molar-refractivity contribution in [3.63, 3.8) is 0 Å². The molecule has 2 fully saturated rings. The first-order valence-corrected chi connectivity index (χ1v) is 12.2. The summed E-state index contributed by atoms with van der Waals surface area (Å²) in [5.74, 6) is 2.60. The summed E-state index contributed by atoms with van der Waals surface area (Å²) in [6, 6.07) is 7.47. The van der Waals surface area contributed by atoms with E-state index in [9.17, 15) is 9.59 Å². The standard InChI is InChI=1S/C25H33N5O3/c1-17(2)33-20-5-3-4-19(14-20)24(32)29-12-10-25(16-29)9-8-21-27-28-22(30(21)13-11-25)23(31)26-15-18-6-7-18/h3-5,14,17-18H,6-13,15-16H2,1-2H3,(H,26,31). The molecule has 0 bridgehead atoms. The Morgan fingerprint density at radius 3 is 2.79 bits per heavy atom. The Morgan fingerprint density at radius 1 is 1.18 bits per heavy atom. The summed E-state index contributed by atoms with van der Waals surface area (Å²) in [6.07, 6.45) is 6.09. The number of nitrogens with one attached hydrogen (secondary N) is 1. The summed E-state index contributed by atoms with van der Waals surface area (Å²) in [5.41, 5.74) is 0.732. The lowest BCUT2D eigenvalue weighted by molar-refractivity contribution is 0.0766. The third kappa shape index (κ3) is 4.75. The largest absolute Gasteiger partial charge is 0.491 e. The molecule has 1 atom stereocenters. The van der Waals surface area contributed by atoms with Gasteiger partial charge >= 0.3 is 0 Å². The number of rotatable bonds is 6. The quantitative estimate of drug-likeness (QED) is 0.729. The van der Waals surface area contributed by atoms with Gasteiger partial charge in [0, 0.05) is 38.2 Å². The molecule has 2 amide bonds. The predicted octanol–water partition coefficient (Wildman–Crippen LogP) is 3.07. The van der Waals surface area contributed by atoms with E-state index in [1.807, 2.05) is 47.6 Å². The molecule has 5 rings (SSSR count). The van der Waals surface area contributed by atoms with Crippen molar-refractivity contribution in [3.8, 4) is 5.75 Å². The van der Waals surface area contributed by atoms with Crippen LogP contribution in [0.4, 0.5) is 0 Å². The van der Waals surface area contributed by atoms with Gasteiger partial charge in [-0.3, -0.25) is 9.59 Å². The van der Waals surface area contributed by atoms with Gasteiger partial charge in [0.1, 0.15) is 11.6 Å². The molecule has 3 heterocycles. The number of nitrogens with zero attached hydrogens (tertiary/aromatic N) is 4. The molecule has 1 aliphatic carbocycles. The number of carbonyl (C=O) groups excluding carboxylic acids is 2. The fourth-order valence-corrected chi connectivity index (χ4v) is 5.09. The average Bonchev–Trinajstić information content (AvgIpc) is 3.44. The second-order valence-corrected chi connectivity index (χ2v) is 10.2. The van der Waals surface area contributed by atoms with E-state index >= 15 is 0 Å². The van der Waals surface area contributed by atoms with Gasteiger partial charge < -0.3 is 19.5 Å². The Bertz CT molecular complexity index is 1040. The van der Waals surface area contributed by atoms with Gasteiger partial charge in [-0.1, -0.05) is 6.07 Å². The van der Waals surface area contributed by atoms with E-state index in [0.29, 0.717) is 23.9 Å². The lowest BCUT2D eigenvalue weighted by atomic mass is 9.80. The van der Waals surface area contributed by atoms with Crippen molar-refractivity contribution >= 4 is 11.8 Å². The number of carbonyl (C=O) groups is 2. The van der Waals surface area contributed by atoms with Crippen molar-refractivity contribution in [1.29, 1.82) is 0 Å². The number of likely N-dealkylation sites (tertiary alicyclic amines) is 1. The second kappa shape index (κ2) is 8.80. The maximum atomic E-state index is 13.2. The zero-order valence-corrected chi connectivity index (χ0v) is 19.5. The Balaban J connectivity index is 1.24. The highest BCUT2D eigenvalue weighted by Gasteiger charge is 2.42. The van der Waals surface area contributed by atoms with Crippen LogP contribution in [0.3, 0.4) is 0 Å². The van der Waals surface area contributed by atoms with Gasteiger partial charge in [0.25, 0.3) is 11.8 Å². The minimum absolute atomic E-state index is 0.0597. The number of aryl methyl sites for hydroxylation is 1. The second-order valence-electron chi connectivity index (χ2n) is 10.2. The highest BCUT2D eigenvalue weighted by atomic mass is 16.5. The van der Waals surface area contributed by atoms with Crippen molar-refractivity contribution < 1.29 is 14.3 Å². The monoisotopic (exact) mass is 451 g/mol. The van der Waals surface area contributed by atoms with Gasteiger partial charge in [-0.15, -0.1) is 10.2 Å². The molecular formula is C25H33N5O3. The normalized spacial score (nSPS) is 22.3. The smallest absolute Gasteiger partial charge is 0.289 e. The van der Waals surface area contributed by atoms with E-state index in [0.717, 1.165) is 56.9 Å². The van der Waals surface area contributed by atoms with E-state index in [1.54, 1.807) is 0 Å². The van der Waals surface area contributed by atoms with E-state index < -0.39 is 0 Å². The number of amides is 2. The Labute approximate surface area is 194 Å². The first-order valence-electron chi connectivity index (χ1n) is 12.2. The van der Waals surface area contributed by atoms with E-state index in [1.165, 1.54) is 12.8 Å². The lowest BCUT2D eigenvalue weighted by Gasteiger charge is -2.27. The van der Waals surface area contributed by atoms with Crippen LogP contribution < -0.4 is 10.1 Å².